The van der Waals surface area contributed by atoms with E-state index in [0.717, 1.165) is 44.2 Å². The van der Waals surface area contributed by atoms with Gasteiger partial charge >= 0.3 is 0 Å². The molecule has 174 valence electrons. The third-order valence-electron chi connectivity index (χ3n) is 5.36. The van der Waals surface area contributed by atoms with Gasteiger partial charge in [0.1, 0.15) is 5.82 Å². The van der Waals surface area contributed by atoms with Crippen molar-refractivity contribution >= 4 is 29.2 Å². The fraction of sp³-hybridized carbons (Fsp3) is 0.500. The summed E-state index contributed by atoms with van der Waals surface area (Å²) in [4.78, 5) is 27.4. The molecule has 2 amide bonds. The molecular weight excluding hydrogens is 442 g/mol. The Hall–Kier alpha value is -2.52. The molecule has 1 aliphatic carbocycles. The standard InChI is InChI=1S/C22H27ClF2N4O3/c1-13(2)32-9-8-29(14-6-4-3-5-7-14)22(31)19-12-20(28-27-19)26-21(30)15-10-17(24)18(25)11-16(15)23/h10-14H,3-9H2,1-2H3,(H2,26,27,28,30). The third kappa shape index (κ3) is 6.04. The van der Waals surface area contributed by atoms with Gasteiger partial charge in [-0.25, -0.2) is 8.78 Å². The van der Waals surface area contributed by atoms with E-state index < -0.39 is 17.5 Å². The van der Waals surface area contributed by atoms with Gasteiger partial charge in [0.25, 0.3) is 11.8 Å². The number of benzene rings is 1. The Morgan fingerprint density at radius 1 is 1.22 bits per heavy atom. The van der Waals surface area contributed by atoms with Gasteiger partial charge in [-0.2, -0.15) is 5.10 Å². The zero-order valence-electron chi connectivity index (χ0n) is 18.1. The van der Waals surface area contributed by atoms with Gasteiger partial charge in [-0.3, -0.25) is 14.7 Å². The maximum Gasteiger partial charge on any atom is 0.274 e. The van der Waals surface area contributed by atoms with Crippen LogP contribution in [0.3, 0.4) is 0 Å². The van der Waals surface area contributed by atoms with E-state index in [0.29, 0.717) is 13.2 Å². The van der Waals surface area contributed by atoms with Crippen molar-refractivity contribution in [3.05, 3.63) is 46.1 Å². The predicted octanol–water partition coefficient (Wildman–Crippen LogP) is 4.79. The first kappa shape index (κ1) is 24.1. The molecule has 32 heavy (non-hydrogen) atoms. The minimum atomic E-state index is -1.19. The number of carbonyl (C=O) groups excluding carboxylic acids is 2. The predicted molar refractivity (Wildman–Crippen MR) is 117 cm³/mol. The molecule has 7 nitrogen and oxygen atoms in total. The molecule has 1 fully saturated rings. The first-order chi connectivity index (χ1) is 15.3. The molecule has 3 rings (SSSR count). The summed E-state index contributed by atoms with van der Waals surface area (Å²) in [5, 5.41) is 8.87. The van der Waals surface area contributed by atoms with Crippen molar-refractivity contribution in [2.75, 3.05) is 18.5 Å². The first-order valence-corrected chi connectivity index (χ1v) is 11.1. The molecule has 0 aliphatic heterocycles. The third-order valence-corrected chi connectivity index (χ3v) is 5.67. The number of hydrogen-bond acceptors (Lipinski definition) is 4. The van der Waals surface area contributed by atoms with Crippen molar-refractivity contribution in [1.29, 1.82) is 0 Å². The van der Waals surface area contributed by atoms with E-state index in [4.69, 9.17) is 16.3 Å². The highest BCUT2D eigenvalue weighted by atomic mass is 35.5. The van der Waals surface area contributed by atoms with E-state index >= 15 is 0 Å². The average Bonchev–Trinajstić information content (AvgIpc) is 3.22. The van der Waals surface area contributed by atoms with Crippen molar-refractivity contribution in [3.8, 4) is 0 Å². The lowest BCUT2D eigenvalue weighted by molar-refractivity contribution is 0.0345. The van der Waals surface area contributed by atoms with Crippen LogP contribution in [0.1, 0.15) is 66.8 Å². The van der Waals surface area contributed by atoms with Crippen LogP contribution in [0, 0.1) is 11.6 Å². The zero-order valence-corrected chi connectivity index (χ0v) is 18.8. The van der Waals surface area contributed by atoms with Gasteiger partial charge in [0.05, 0.1) is 23.3 Å². The van der Waals surface area contributed by atoms with Gasteiger partial charge in [0.15, 0.2) is 17.3 Å². The van der Waals surface area contributed by atoms with E-state index in [1.165, 1.54) is 6.07 Å². The van der Waals surface area contributed by atoms with Crippen molar-refractivity contribution in [1.82, 2.24) is 15.1 Å². The minimum Gasteiger partial charge on any atom is -0.377 e. The number of carbonyl (C=O) groups is 2. The molecule has 0 saturated heterocycles. The summed E-state index contributed by atoms with van der Waals surface area (Å²) in [7, 11) is 0. The fourth-order valence-corrected chi connectivity index (χ4v) is 3.99. The van der Waals surface area contributed by atoms with Crippen LogP contribution in [0.2, 0.25) is 5.02 Å². The Kier molecular flexibility index (Phi) is 8.20. The van der Waals surface area contributed by atoms with Crippen LogP contribution in [0.5, 0.6) is 0 Å². The van der Waals surface area contributed by atoms with Crippen LogP contribution in [0.4, 0.5) is 14.6 Å². The van der Waals surface area contributed by atoms with Crippen LogP contribution in [0.25, 0.3) is 0 Å². The molecule has 1 aliphatic rings. The second-order valence-electron chi connectivity index (χ2n) is 8.08. The monoisotopic (exact) mass is 468 g/mol. The van der Waals surface area contributed by atoms with Gasteiger partial charge in [-0.1, -0.05) is 30.9 Å². The number of anilines is 1. The Morgan fingerprint density at radius 2 is 1.91 bits per heavy atom. The molecular formula is C22H27ClF2N4O3. The number of nitrogens with zero attached hydrogens (tertiary/aromatic N) is 2. The SMILES string of the molecule is CC(C)OCCN(C(=O)c1cc(NC(=O)c2cc(F)c(F)cc2Cl)[nH]n1)C1CCCCC1. The van der Waals surface area contributed by atoms with Gasteiger partial charge in [-0.15, -0.1) is 0 Å². The molecule has 2 aromatic rings. The molecule has 0 radical (unpaired) electrons. The van der Waals surface area contributed by atoms with E-state index in [-0.39, 0.29) is 40.2 Å². The van der Waals surface area contributed by atoms with Gasteiger partial charge in [0.2, 0.25) is 0 Å². The van der Waals surface area contributed by atoms with Crippen LogP contribution >= 0.6 is 11.6 Å². The van der Waals surface area contributed by atoms with E-state index in [1.54, 1.807) is 4.90 Å². The number of ether oxygens (including phenoxy) is 1. The average molecular weight is 469 g/mol. The summed E-state index contributed by atoms with van der Waals surface area (Å²) in [6, 6.07) is 2.97. The molecule has 0 spiro atoms. The molecule has 0 bridgehead atoms. The van der Waals surface area contributed by atoms with Crippen LogP contribution < -0.4 is 5.32 Å². The van der Waals surface area contributed by atoms with Crippen molar-refractivity contribution in [2.45, 2.75) is 58.1 Å². The maximum atomic E-state index is 13.5. The minimum absolute atomic E-state index is 0.0635. The van der Waals surface area contributed by atoms with Gasteiger partial charge < -0.3 is 15.0 Å². The number of aromatic amines is 1. The second kappa shape index (κ2) is 10.9. The summed E-state index contributed by atoms with van der Waals surface area (Å²) in [5.41, 5.74) is -0.0884. The lowest BCUT2D eigenvalue weighted by atomic mass is 9.94. The van der Waals surface area contributed by atoms with E-state index in [9.17, 15) is 18.4 Å². The van der Waals surface area contributed by atoms with E-state index in [1.807, 2.05) is 13.8 Å². The van der Waals surface area contributed by atoms with E-state index in [2.05, 4.69) is 15.5 Å². The largest absolute Gasteiger partial charge is 0.377 e. The first-order valence-electron chi connectivity index (χ1n) is 10.7. The maximum absolute atomic E-state index is 13.5. The zero-order chi connectivity index (χ0) is 23.3. The highest BCUT2D eigenvalue weighted by Crippen LogP contribution is 2.25. The molecule has 2 N–H and O–H groups in total. The summed E-state index contributed by atoms with van der Waals surface area (Å²) in [6.07, 6.45) is 5.21. The Labute approximate surface area is 190 Å². The lowest BCUT2D eigenvalue weighted by Gasteiger charge is -2.34. The van der Waals surface area contributed by atoms with Crippen LogP contribution in [-0.4, -0.2) is 52.2 Å². The second-order valence-corrected chi connectivity index (χ2v) is 8.48. The summed E-state index contributed by atoms with van der Waals surface area (Å²) in [5.74, 6) is -3.21. The van der Waals surface area contributed by atoms with Crippen molar-refractivity contribution in [3.63, 3.8) is 0 Å². The lowest BCUT2D eigenvalue weighted by Crippen LogP contribution is -2.43. The smallest absolute Gasteiger partial charge is 0.274 e. The number of aromatic nitrogens is 2. The van der Waals surface area contributed by atoms with Crippen molar-refractivity contribution < 1.29 is 23.1 Å². The molecule has 1 saturated carbocycles. The molecule has 0 atom stereocenters. The topological polar surface area (TPSA) is 87.3 Å². The Balaban J connectivity index is 1.72. The summed E-state index contributed by atoms with van der Waals surface area (Å²) < 4.78 is 32.4. The van der Waals surface area contributed by atoms with Crippen LogP contribution in [0.15, 0.2) is 18.2 Å². The normalized spacial score (nSPS) is 14.6. The molecule has 0 unspecified atom stereocenters. The fourth-order valence-electron chi connectivity index (χ4n) is 3.76. The Morgan fingerprint density at radius 3 is 2.59 bits per heavy atom. The number of nitrogens with one attached hydrogen (secondary N) is 2. The van der Waals surface area contributed by atoms with Crippen LogP contribution in [-0.2, 0) is 4.74 Å². The number of H-pyrrole nitrogens is 1. The number of amides is 2. The molecule has 1 heterocycles. The molecule has 1 aromatic carbocycles. The highest BCUT2D eigenvalue weighted by Gasteiger charge is 2.28. The Bertz CT molecular complexity index is 961. The van der Waals surface area contributed by atoms with Gasteiger partial charge in [-0.05, 0) is 38.8 Å². The number of rotatable bonds is 8. The quantitative estimate of drug-likeness (QED) is 0.545. The van der Waals surface area contributed by atoms with Gasteiger partial charge in [0, 0.05) is 18.7 Å². The summed E-state index contributed by atoms with van der Waals surface area (Å²) in [6.45, 7) is 4.74. The highest BCUT2D eigenvalue weighted by molar-refractivity contribution is 6.34. The summed E-state index contributed by atoms with van der Waals surface area (Å²) >= 11 is 5.85. The molecule has 10 heteroatoms. The number of halogens is 3. The number of hydrogen-bond donors (Lipinski definition) is 2. The molecule has 1 aromatic heterocycles. The van der Waals surface area contributed by atoms with Crippen molar-refractivity contribution in [2.24, 2.45) is 0 Å².